The number of hydrogen-bond donors (Lipinski definition) is 0. The van der Waals surface area contributed by atoms with E-state index in [1.807, 2.05) is 0 Å². The summed E-state index contributed by atoms with van der Waals surface area (Å²) in [5.41, 5.74) is 0.428. The van der Waals surface area contributed by atoms with Crippen molar-refractivity contribution in [3.63, 3.8) is 0 Å². The molecular formula is C11H10N2O3. The molecule has 1 aliphatic rings. The summed E-state index contributed by atoms with van der Waals surface area (Å²) in [6.07, 6.45) is 4.21. The summed E-state index contributed by atoms with van der Waals surface area (Å²) in [4.78, 5) is 24.2. The molecule has 1 saturated carbocycles. The summed E-state index contributed by atoms with van der Waals surface area (Å²) >= 11 is 0. The Bertz CT molecular complexity index is 457. The van der Waals surface area contributed by atoms with Crippen LogP contribution in [0.1, 0.15) is 24.8 Å². The second-order valence-electron chi connectivity index (χ2n) is 3.89. The van der Waals surface area contributed by atoms with Crippen LogP contribution in [0.15, 0.2) is 29.3 Å². The molecule has 0 aliphatic heterocycles. The standard InChI is InChI=1S/C11H10N2O3/c14-8-12-11(6-1-7-11)9-2-4-10(5-3-9)13(15)16/h2-5H,1,6-7H2. The Hall–Kier alpha value is -2.00. The lowest BCUT2D eigenvalue weighted by Crippen LogP contribution is -2.31. The Morgan fingerprint density at radius 1 is 1.31 bits per heavy atom. The number of nitro groups is 1. The van der Waals surface area contributed by atoms with Crippen molar-refractivity contribution in [1.29, 1.82) is 0 Å². The molecule has 5 heteroatoms. The molecule has 0 aromatic heterocycles. The molecule has 0 amide bonds. The first-order valence-corrected chi connectivity index (χ1v) is 5.02. The second kappa shape index (κ2) is 3.87. The van der Waals surface area contributed by atoms with Gasteiger partial charge in [-0.1, -0.05) is 0 Å². The zero-order chi connectivity index (χ0) is 11.6. The van der Waals surface area contributed by atoms with E-state index in [9.17, 15) is 14.9 Å². The third kappa shape index (κ3) is 1.61. The lowest BCUT2D eigenvalue weighted by atomic mass is 9.72. The Labute approximate surface area is 92.0 Å². The Balaban J connectivity index is 2.33. The topological polar surface area (TPSA) is 72.6 Å². The number of carbonyl (C=O) groups excluding carboxylic acids is 1. The van der Waals surface area contributed by atoms with E-state index in [1.54, 1.807) is 18.2 Å². The Kier molecular flexibility index (Phi) is 2.54. The van der Waals surface area contributed by atoms with Crippen molar-refractivity contribution in [3.05, 3.63) is 39.9 Å². The van der Waals surface area contributed by atoms with E-state index in [-0.39, 0.29) is 5.69 Å². The summed E-state index contributed by atoms with van der Waals surface area (Å²) in [5, 5.41) is 10.5. The predicted octanol–water partition coefficient (Wildman–Crippen LogP) is 2.31. The molecule has 0 atom stereocenters. The number of non-ortho nitro benzene ring substituents is 1. The highest BCUT2D eigenvalue weighted by molar-refractivity contribution is 5.42. The Morgan fingerprint density at radius 2 is 1.94 bits per heavy atom. The van der Waals surface area contributed by atoms with Crippen LogP contribution < -0.4 is 0 Å². The predicted molar refractivity (Wildman–Crippen MR) is 56.7 cm³/mol. The molecule has 5 nitrogen and oxygen atoms in total. The van der Waals surface area contributed by atoms with Crippen molar-refractivity contribution in [2.24, 2.45) is 4.99 Å². The average molecular weight is 218 g/mol. The highest BCUT2D eigenvalue weighted by atomic mass is 16.6. The smallest absolute Gasteiger partial charge is 0.258 e. The molecule has 1 aromatic rings. The minimum Gasteiger partial charge on any atom is -0.258 e. The summed E-state index contributed by atoms with van der Waals surface area (Å²) < 4.78 is 0. The van der Waals surface area contributed by atoms with E-state index in [0.29, 0.717) is 0 Å². The molecule has 0 heterocycles. The van der Waals surface area contributed by atoms with Crippen molar-refractivity contribution >= 4 is 11.8 Å². The molecule has 1 aromatic carbocycles. The van der Waals surface area contributed by atoms with E-state index >= 15 is 0 Å². The summed E-state index contributed by atoms with van der Waals surface area (Å²) in [7, 11) is 0. The van der Waals surface area contributed by atoms with E-state index < -0.39 is 10.5 Å². The summed E-state index contributed by atoms with van der Waals surface area (Å²) in [6.45, 7) is 0. The number of benzene rings is 1. The van der Waals surface area contributed by atoms with E-state index in [1.165, 1.54) is 12.1 Å². The van der Waals surface area contributed by atoms with Crippen LogP contribution in [0.25, 0.3) is 0 Å². The van der Waals surface area contributed by atoms with Crippen LogP contribution >= 0.6 is 0 Å². The monoisotopic (exact) mass is 218 g/mol. The molecule has 82 valence electrons. The first-order chi connectivity index (χ1) is 7.68. The van der Waals surface area contributed by atoms with Crippen LogP contribution in [0.3, 0.4) is 0 Å². The maximum Gasteiger partial charge on any atom is 0.269 e. The van der Waals surface area contributed by atoms with Crippen LogP contribution in [0.2, 0.25) is 0 Å². The van der Waals surface area contributed by atoms with Gasteiger partial charge >= 0.3 is 0 Å². The quantitative estimate of drug-likeness (QED) is 0.338. The SMILES string of the molecule is O=C=NC1(c2ccc([N+](=O)[O-])cc2)CCC1. The fourth-order valence-electron chi connectivity index (χ4n) is 1.96. The van der Waals surface area contributed by atoms with Gasteiger partial charge in [-0.05, 0) is 37.0 Å². The highest BCUT2D eigenvalue weighted by Crippen LogP contribution is 2.44. The van der Waals surface area contributed by atoms with Crippen LogP contribution in [0.4, 0.5) is 5.69 Å². The number of rotatable bonds is 3. The van der Waals surface area contributed by atoms with Gasteiger partial charge in [0.2, 0.25) is 6.08 Å². The second-order valence-corrected chi connectivity index (χ2v) is 3.89. The van der Waals surface area contributed by atoms with Gasteiger partial charge in [0.25, 0.3) is 5.69 Å². The maximum absolute atomic E-state index is 10.5. The molecule has 0 unspecified atom stereocenters. The van der Waals surface area contributed by atoms with Crippen molar-refractivity contribution in [2.45, 2.75) is 24.8 Å². The van der Waals surface area contributed by atoms with Crippen molar-refractivity contribution < 1.29 is 9.72 Å². The molecule has 0 saturated heterocycles. The summed E-state index contributed by atoms with van der Waals surface area (Å²) in [5.74, 6) is 0. The minimum absolute atomic E-state index is 0.0494. The molecular weight excluding hydrogens is 208 g/mol. The van der Waals surface area contributed by atoms with Gasteiger partial charge < -0.3 is 0 Å². The largest absolute Gasteiger partial charge is 0.269 e. The van der Waals surface area contributed by atoms with Crippen molar-refractivity contribution in [3.8, 4) is 0 Å². The van der Waals surface area contributed by atoms with Crippen LogP contribution in [0, 0.1) is 10.1 Å². The zero-order valence-corrected chi connectivity index (χ0v) is 8.55. The van der Waals surface area contributed by atoms with Gasteiger partial charge in [0.05, 0.1) is 10.5 Å². The van der Waals surface area contributed by atoms with Crippen LogP contribution in [-0.2, 0) is 10.3 Å². The molecule has 2 rings (SSSR count). The zero-order valence-electron chi connectivity index (χ0n) is 8.55. The molecule has 0 N–H and O–H groups in total. The van der Waals surface area contributed by atoms with Gasteiger partial charge in [-0.15, -0.1) is 0 Å². The molecule has 1 aliphatic carbocycles. The first kappa shape index (κ1) is 10.5. The normalized spacial score (nSPS) is 17.0. The Morgan fingerprint density at radius 3 is 2.31 bits per heavy atom. The van der Waals surface area contributed by atoms with E-state index in [2.05, 4.69) is 4.99 Å². The average Bonchev–Trinajstić information content (AvgIpc) is 2.23. The molecule has 1 fully saturated rings. The molecule has 0 radical (unpaired) electrons. The van der Waals surface area contributed by atoms with Crippen LogP contribution in [-0.4, -0.2) is 11.0 Å². The van der Waals surface area contributed by atoms with Gasteiger partial charge in [-0.2, -0.15) is 4.99 Å². The molecule has 16 heavy (non-hydrogen) atoms. The summed E-state index contributed by atoms with van der Waals surface area (Å²) in [6, 6.07) is 6.21. The molecule has 0 bridgehead atoms. The van der Waals surface area contributed by atoms with Crippen molar-refractivity contribution in [2.75, 3.05) is 0 Å². The van der Waals surface area contributed by atoms with Gasteiger partial charge in [0.15, 0.2) is 0 Å². The van der Waals surface area contributed by atoms with Gasteiger partial charge in [-0.3, -0.25) is 10.1 Å². The van der Waals surface area contributed by atoms with Gasteiger partial charge in [0, 0.05) is 12.1 Å². The molecule has 0 spiro atoms. The minimum atomic E-state index is -0.475. The number of aliphatic imine (C=N–C) groups is 1. The van der Waals surface area contributed by atoms with Gasteiger partial charge in [-0.25, -0.2) is 4.79 Å². The number of isocyanates is 1. The number of hydrogen-bond acceptors (Lipinski definition) is 4. The highest BCUT2D eigenvalue weighted by Gasteiger charge is 2.38. The maximum atomic E-state index is 10.5. The number of nitro benzene ring substituents is 1. The lowest BCUT2D eigenvalue weighted by molar-refractivity contribution is -0.384. The van der Waals surface area contributed by atoms with E-state index in [4.69, 9.17) is 0 Å². The van der Waals surface area contributed by atoms with E-state index in [0.717, 1.165) is 24.8 Å². The lowest BCUT2D eigenvalue weighted by Gasteiger charge is -2.36. The van der Waals surface area contributed by atoms with Crippen LogP contribution in [0.5, 0.6) is 0 Å². The fraction of sp³-hybridized carbons (Fsp3) is 0.364. The first-order valence-electron chi connectivity index (χ1n) is 5.02. The number of nitrogens with zero attached hydrogens (tertiary/aromatic N) is 2. The van der Waals surface area contributed by atoms with Gasteiger partial charge in [0.1, 0.15) is 0 Å². The van der Waals surface area contributed by atoms with Crippen molar-refractivity contribution in [1.82, 2.24) is 0 Å². The fourth-order valence-corrected chi connectivity index (χ4v) is 1.96. The third-order valence-corrected chi connectivity index (χ3v) is 3.06. The third-order valence-electron chi connectivity index (χ3n) is 3.06.